The summed E-state index contributed by atoms with van der Waals surface area (Å²) in [5.41, 5.74) is 4.56. The van der Waals surface area contributed by atoms with Gasteiger partial charge in [-0.15, -0.1) is 0 Å². The number of aliphatic hydroxyl groups excluding tert-OH is 1. The molecule has 0 radical (unpaired) electrons. The van der Waals surface area contributed by atoms with Crippen molar-refractivity contribution >= 4 is 38.4 Å². The van der Waals surface area contributed by atoms with E-state index in [1.807, 2.05) is 26.0 Å². The highest BCUT2D eigenvalue weighted by molar-refractivity contribution is 7.22. The first-order valence-electron chi connectivity index (χ1n) is 10.2. The fraction of sp³-hybridized carbons (Fsp3) is 0.381. The van der Waals surface area contributed by atoms with Crippen LogP contribution in [0.15, 0.2) is 24.7 Å². The summed E-state index contributed by atoms with van der Waals surface area (Å²) in [5, 5.41) is 17.7. The molecule has 0 aliphatic heterocycles. The molecule has 1 aliphatic rings. The summed E-state index contributed by atoms with van der Waals surface area (Å²) in [7, 11) is 0. The minimum Gasteiger partial charge on any atom is -0.387 e. The number of nitrogens with one attached hydrogen (secondary N) is 1. The van der Waals surface area contributed by atoms with Gasteiger partial charge in [-0.1, -0.05) is 24.7 Å². The van der Waals surface area contributed by atoms with E-state index in [9.17, 15) is 14.3 Å². The largest absolute Gasteiger partial charge is 0.387 e. The summed E-state index contributed by atoms with van der Waals surface area (Å²) in [5.74, 6) is -0.924. The van der Waals surface area contributed by atoms with Crippen molar-refractivity contribution in [1.29, 1.82) is 0 Å². The molecule has 0 unspecified atom stereocenters. The Labute approximate surface area is 181 Å². The maximum absolute atomic E-state index is 13.2. The lowest BCUT2D eigenvalue weighted by Gasteiger charge is -2.12. The minimum atomic E-state index is -1.06. The Morgan fingerprint density at radius 1 is 1.39 bits per heavy atom. The van der Waals surface area contributed by atoms with Gasteiger partial charge in [-0.25, -0.2) is 18.9 Å². The quantitative estimate of drug-likeness (QED) is 0.472. The zero-order chi connectivity index (χ0) is 21.7. The van der Waals surface area contributed by atoms with Gasteiger partial charge in [0.05, 0.1) is 17.7 Å². The summed E-state index contributed by atoms with van der Waals surface area (Å²) in [4.78, 5) is 26.2. The first kappa shape index (κ1) is 20.0. The van der Waals surface area contributed by atoms with E-state index in [0.717, 1.165) is 27.9 Å². The second-order valence-electron chi connectivity index (χ2n) is 7.84. The number of halogens is 1. The molecular weight excluding hydrogens is 419 g/mol. The van der Waals surface area contributed by atoms with Crippen molar-refractivity contribution in [3.05, 3.63) is 35.9 Å². The number of anilines is 1. The molecule has 1 saturated carbocycles. The van der Waals surface area contributed by atoms with Gasteiger partial charge in [0.2, 0.25) is 5.91 Å². The molecule has 0 saturated heterocycles. The van der Waals surface area contributed by atoms with E-state index in [-0.39, 0.29) is 12.3 Å². The van der Waals surface area contributed by atoms with Gasteiger partial charge in [0.25, 0.3) is 0 Å². The van der Waals surface area contributed by atoms with Crippen LogP contribution in [0.3, 0.4) is 0 Å². The Morgan fingerprint density at radius 3 is 2.90 bits per heavy atom. The Balaban J connectivity index is 1.56. The minimum absolute atomic E-state index is 0.267. The number of aryl methyl sites for hydroxylation is 1. The third-order valence-electron chi connectivity index (χ3n) is 5.50. The molecule has 8 nitrogen and oxygen atoms in total. The molecule has 0 bridgehead atoms. The van der Waals surface area contributed by atoms with Crippen LogP contribution in [0.1, 0.15) is 43.5 Å². The molecule has 10 heteroatoms. The van der Waals surface area contributed by atoms with E-state index in [0.29, 0.717) is 28.4 Å². The van der Waals surface area contributed by atoms with Crippen molar-refractivity contribution in [2.24, 2.45) is 5.92 Å². The monoisotopic (exact) mass is 440 g/mol. The number of thiazole rings is 1. The van der Waals surface area contributed by atoms with Crippen LogP contribution in [0.4, 0.5) is 9.52 Å². The molecule has 2 N–H and O–H groups in total. The summed E-state index contributed by atoms with van der Waals surface area (Å²) >= 11 is 1.27. The van der Waals surface area contributed by atoms with Crippen LogP contribution in [0.5, 0.6) is 0 Å². The van der Waals surface area contributed by atoms with Crippen molar-refractivity contribution < 1.29 is 14.3 Å². The average molecular weight is 441 g/mol. The lowest BCUT2D eigenvalue weighted by Crippen LogP contribution is -2.14. The third-order valence-corrected chi connectivity index (χ3v) is 6.46. The van der Waals surface area contributed by atoms with Crippen LogP contribution in [0.2, 0.25) is 0 Å². The predicted octanol–water partition coefficient (Wildman–Crippen LogP) is 3.84. The highest BCUT2D eigenvalue weighted by atomic mass is 32.1. The molecule has 1 fully saturated rings. The van der Waals surface area contributed by atoms with Gasteiger partial charge in [0, 0.05) is 17.3 Å². The Bertz CT molecular complexity index is 1300. The van der Waals surface area contributed by atoms with Crippen molar-refractivity contribution in [3.8, 4) is 11.1 Å². The number of rotatable bonds is 6. The molecule has 4 aromatic heterocycles. The average Bonchev–Trinajstić information content (AvgIpc) is 3.12. The van der Waals surface area contributed by atoms with Crippen LogP contribution in [-0.4, -0.2) is 41.8 Å². The highest BCUT2D eigenvalue weighted by Gasteiger charge is 2.43. The normalized spacial score (nSPS) is 19.1. The van der Waals surface area contributed by atoms with Crippen molar-refractivity contribution in [1.82, 2.24) is 24.6 Å². The van der Waals surface area contributed by atoms with E-state index >= 15 is 0 Å². The Morgan fingerprint density at radius 2 is 2.19 bits per heavy atom. The Kier molecular flexibility index (Phi) is 4.90. The van der Waals surface area contributed by atoms with E-state index in [4.69, 9.17) is 0 Å². The molecule has 160 valence electrons. The lowest BCUT2D eigenvalue weighted by molar-refractivity contribution is -0.117. The fourth-order valence-electron chi connectivity index (χ4n) is 3.69. The van der Waals surface area contributed by atoms with Crippen LogP contribution in [0, 0.1) is 12.8 Å². The number of hydrogen-bond acceptors (Lipinski definition) is 7. The summed E-state index contributed by atoms with van der Waals surface area (Å²) < 4.78 is 14.9. The molecule has 31 heavy (non-hydrogen) atoms. The SMILES string of the molecule is CCC[C@H](O)c1cc(C)c(-c2cc3nc(NC(=O)[C@@H]4C[C@@H]4F)sc3n3ncnc23)cn1. The smallest absolute Gasteiger partial charge is 0.232 e. The number of aromatic nitrogens is 5. The molecule has 5 rings (SSSR count). The van der Waals surface area contributed by atoms with Gasteiger partial charge in [0.1, 0.15) is 22.8 Å². The van der Waals surface area contributed by atoms with Gasteiger partial charge in [-0.05, 0) is 37.5 Å². The summed E-state index contributed by atoms with van der Waals surface area (Å²) in [6, 6.07) is 3.79. The van der Waals surface area contributed by atoms with Gasteiger partial charge in [0.15, 0.2) is 10.8 Å². The first-order valence-corrected chi connectivity index (χ1v) is 11.0. The fourth-order valence-corrected chi connectivity index (χ4v) is 4.60. The molecule has 3 atom stereocenters. The van der Waals surface area contributed by atoms with Gasteiger partial charge in [-0.3, -0.25) is 9.78 Å². The number of aliphatic hydroxyl groups is 1. The molecule has 1 amide bonds. The summed E-state index contributed by atoms with van der Waals surface area (Å²) in [6.45, 7) is 3.98. The summed E-state index contributed by atoms with van der Waals surface area (Å²) in [6.07, 6.45) is 3.35. The Hall–Kier alpha value is -2.98. The van der Waals surface area contributed by atoms with Gasteiger partial charge in [-0.2, -0.15) is 5.10 Å². The number of fused-ring (bicyclic) bond motifs is 3. The molecule has 0 spiro atoms. The molecule has 4 aromatic rings. The van der Waals surface area contributed by atoms with Crippen molar-refractivity contribution in [3.63, 3.8) is 0 Å². The standard InChI is InChI=1S/C21H21FN6O2S/c1-3-4-17(29)15-5-10(2)13(8-23-15)11-7-16-20(28-18(11)24-9-25-28)31-21(26-16)27-19(30)12-6-14(12)22/h5,7-9,12,14,17,29H,3-4,6H2,1-2H3,(H,26,27,30)/t12-,14+,17+/m1/s1. The number of pyridine rings is 2. The molecule has 4 heterocycles. The molecule has 1 aliphatic carbocycles. The number of carbonyl (C=O) groups excluding carboxylic acids is 1. The van der Waals surface area contributed by atoms with E-state index in [1.54, 1.807) is 10.7 Å². The third kappa shape index (κ3) is 3.55. The van der Waals surface area contributed by atoms with Crippen LogP contribution < -0.4 is 5.32 Å². The second kappa shape index (κ2) is 7.61. The van der Waals surface area contributed by atoms with E-state index < -0.39 is 18.2 Å². The van der Waals surface area contributed by atoms with Gasteiger partial charge < -0.3 is 10.4 Å². The number of hydrogen-bond donors (Lipinski definition) is 2. The van der Waals surface area contributed by atoms with Crippen LogP contribution >= 0.6 is 11.3 Å². The zero-order valence-corrected chi connectivity index (χ0v) is 17.9. The first-order chi connectivity index (χ1) is 15.0. The lowest BCUT2D eigenvalue weighted by atomic mass is 10.0. The van der Waals surface area contributed by atoms with Gasteiger partial charge >= 0.3 is 0 Å². The number of carbonyl (C=O) groups is 1. The van der Waals surface area contributed by atoms with Crippen molar-refractivity contribution in [2.75, 3.05) is 5.32 Å². The highest BCUT2D eigenvalue weighted by Crippen LogP contribution is 2.37. The van der Waals surface area contributed by atoms with E-state index in [2.05, 4.69) is 25.4 Å². The van der Waals surface area contributed by atoms with Crippen LogP contribution in [-0.2, 0) is 4.79 Å². The predicted molar refractivity (Wildman–Crippen MR) is 116 cm³/mol. The number of alkyl halides is 1. The maximum atomic E-state index is 13.2. The van der Waals surface area contributed by atoms with E-state index in [1.165, 1.54) is 17.7 Å². The zero-order valence-electron chi connectivity index (χ0n) is 17.0. The molecular formula is C21H21FN6O2S. The number of amides is 1. The van der Waals surface area contributed by atoms with Crippen molar-refractivity contribution in [2.45, 2.75) is 45.4 Å². The van der Waals surface area contributed by atoms with Crippen LogP contribution in [0.25, 0.3) is 27.1 Å². The molecule has 0 aromatic carbocycles. The topological polar surface area (TPSA) is 105 Å². The second-order valence-corrected chi connectivity index (χ2v) is 8.82. The number of nitrogens with zero attached hydrogens (tertiary/aromatic N) is 5. The maximum Gasteiger partial charge on any atom is 0.232 e.